The Morgan fingerprint density at radius 1 is 1.26 bits per heavy atom. The monoisotopic (exact) mass is 381 g/mol. The van der Waals surface area contributed by atoms with E-state index in [-0.39, 0.29) is 12.5 Å². The molecule has 0 bridgehead atoms. The van der Waals surface area contributed by atoms with Gasteiger partial charge in [0.1, 0.15) is 11.6 Å². The Morgan fingerprint density at radius 3 is 2.81 bits per heavy atom. The number of carbonyl (C=O) groups excluding carboxylic acids is 1. The number of hydrogen-bond donors (Lipinski definition) is 3. The largest absolute Gasteiger partial charge is 0.483 e. The standard InChI is InChI=1S/C19H19N5O2S/c1-13-6-2-4-8-15(13)22-18(25)11-26-16-9-5-3-7-14(16)10-21-24-19-23-17(20)12-27-19/h2-10,12H,11,20H2,1H3,(H,22,25)(H,23,24). The normalized spacial score (nSPS) is 10.7. The number of hydrazone groups is 1. The fraction of sp³-hybridized carbons (Fsp3) is 0.105. The first-order valence-corrected chi connectivity index (χ1v) is 9.07. The van der Waals surface area contributed by atoms with Crippen molar-refractivity contribution < 1.29 is 9.53 Å². The van der Waals surface area contributed by atoms with Crippen molar-refractivity contribution in [3.05, 3.63) is 65.0 Å². The van der Waals surface area contributed by atoms with E-state index in [0.29, 0.717) is 16.7 Å². The van der Waals surface area contributed by atoms with Crippen molar-refractivity contribution in [3.63, 3.8) is 0 Å². The van der Waals surface area contributed by atoms with Crippen molar-refractivity contribution in [2.75, 3.05) is 23.1 Å². The highest BCUT2D eigenvalue weighted by Crippen LogP contribution is 2.18. The number of aryl methyl sites for hydroxylation is 1. The van der Waals surface area contributed by atoms with Gasteiger partial charge >= 0.3 is 0 Å². The molecule has 27 heavy (non-hydrogen) atoms. The molecule has 3 rings (SSSR count). The Hall–Kier alpha value is -3.39. The van der Waals surface area contributed by atoms with E-state index in [1.807, 2.05) is 49.4 Å². The van der Waals surface area contributed by atoms with Crippen LogP contribution in [0.3, 0.4) is 0 Å². The van der Waals surface area contributed by atoms with Gasteiger partial charge in [0.2, 0.25) is 5.13 Å². The summed E-state index contributed by atoms with van der Waals surface area (Å²) < 4.78 is 5.65. The zero-order valence-corrected chi connectivity index (χ0v) is 15.5. The molecule has 0 spiro atoms. The fourth-order valence-corrected chi connectivity index (χ4v) is 2.80. The lowest BCUT2D eigenvalue weighted by Gasteiger charge is -2.10. The van der Waals surface area contributed by atoms with Crippen LogP contribution in [0.4, 0.5) is 16.6 Å². The summed E-state index contributed by atoms with van der Waals surface area (Å²) in [7, 11) is 0. The van der Waals surface area contributed by atoms with E-state index in [9.17, 15) is 4.79 Å². The summed E-state index contributed by atoms with van der Waals surface area (Å²) in [5.41, 5.74) is 10.9. The Balaban J connectivity index is 1.58. The highest BCUT2D eigenvalue weighted by molar-refractivity contribution is 7.14. The van der Waals surface area contributed by atoms with Gasteiger partial charge in [0.15, 0.2) is 6.61 Å². The van der Waals surface area contributed by atoms with Crippen LogP contribution >= 0.6 is 11.3 Å². The number of ether oxygens (including phenoxy) is 1. The summed E-state index contributed by atoms with van der Waals surface area (Å²) >= 11 is 1.36. The van der Waals surface area contributed by atoms with Gasteiger partial charge in [-0.25, -0.2) is 4.98 Å². The third-order valence-corrected chi connectivity index (χ3v) is 4.35. The summed E-state index contributed by atoms with van der Waals surface area (Å²) in [5.74, 6) is 0.773. The van der Waals surface area contributed by atoms with Gasteiger partial charge in [-0.15, -0.1) is 11.3 Å². The number of nitrogen functional groups attached to an aromatic ring is 1. The van der Waals surface area contributed by atoms with Gasteiger partial charge in [-0.3, -0.25) is 10.2 Å². The lowest BCUT2D eigenvalue weighted by atomic mass is 10.2. The molecule has 1 amide bonds. The number of anilines is 3. The van der Waals surface area contributed by atoms with Crippen LogP contribution in [0.1, 0.15) is 11.1 Å². The molecule has 138 valence electrons. The number of nitrogens with one attached hydrogen (secondary N) is 2. The van der Waals surface area contributed by atoms with Crippen molar-refractivity contribution in [1.29, 1.82) is 0 Å². The Morgan fingerprint density at radius 2 is 2.04 bits per heavy atom. The van der Waals surface area contributed by atoms with Crippen molar-refractivity contribution in [2.24, 2.45) is 5.10 Å². The van der Waals surface area contributed by atoms with E-state index in [4.69, 9.17) is 10.5 Å². The second-order valence-corrected chi connectivity index (χ2v) is 6.50. The topological polar surface area (TPSA) is 102 Å². The first kappa shape index (κ1) is 18.4. The zero-order chi connectivity index (χ0) is 19.1. The SMILES string of the molecule is Cc1ccccc1NC(=O)COc1ccccc1C=NNc1nc(N)cs1. The minimum Gasteiger partial charge on any atom is -0.483 e. The van der Waals surface area contributed by atoms with Crippen LogP contribution in [0.25, 0.3) is 0 Å². The molecule has 0 radical (unpaired) electrons. The van der Waals surface area contributed by atoms with Crippen molar-refractivity contribution in [2.45, 2.75) is 6.92 Å². The Labute approximate surface area is 160 Å². The maximum absolute atomic E-state index is 12.1. The molecule has 8 heteroatoms. The van der Waals surface area contributed by atoms with Crippen LogP contribution in [-0.2, 0) is 4.79 Å². The number of amides is 1. The first-order chi connectivity index (χ1) is 13.1. The van der Waals surface area contributed by atoms with Crippen molar-refractivity contribution in [3.8, 4) is 5.75 Å². The average molecular weight is 381 g/mol. The van der Waals surface area contributed by atoms with Crippen LogP contribution in [0.5, 0.6) is 5.75 Å². The molecule has 0 aliphatic carbocycles. The number of hydrogen-bond acceptors (Lipinski definition) is 7. The third-order valence-electron chi connectivity index (χ3n) is 3.58. The smallest absolute Gasteiger partial charge is 0.262 e. The predicted octanol–water partition coefficient (Wildman–Crippen LogP) is 3.50. The van der Waals surface area contributed by atoms with E-state index in [2.05, 4.69) is 20.8 Å². The molecular weight excluding hydrogens is 362 g/mol. The van der Waals surface area contributed by atoms with Gasteiger partial charge in [0.25, 0.3) is 5.91 Å². The molecule has 0 unspecified atom stereocenters. The molecule has 7 nitrogen and oxygen atoms in total. The van der Waals surface area contributed by atoms with Gasteiger partial charge < -0.3 is 15.8 Å². The molecule has 3 aromatic rings. The minimum atomic E-state index is -0.229. The summed E-state index contributed by atoms with van der Waals surface area (Å²) in [6.45, 7) is 1.83. The summed E-state index contributed by atoms with van der Waals surface area (Å²) in [6.07, 6.45) is 1.60. The molecule has 0 fully saturated rings. The molecule has 0 saturated heterocycles. The number of thiazole rings is 1. The summed E-state index contributed by atoms with van der Waals surface area (Å²) in [4.78, 5) is 16.2. The van der Waals surface area contributed by atoms with Crippen molar-refractivity contribution in [1.82, 2.24) is 4.98 Å². The maximum atomic E-state index is 12.1. The minimum absolute atomic E-state index is 0.102. The lowest BCUT2D eigenvalue weighted by Crippen LogP contribution is -2.21. The molecule has 0 aliphatic rings. The van der Waals surface area contributed by atoms with Crippen LogP contribution < -0.4 is 21.2 Å². The quantitative estimate of drug-likeness (QED) is 0.429. The van der Waals surface area contributed by atoms with E-state index in [1.165, 1.54) is 11.3 Å². The Bertz CT molecular complexity index is 955. The molecule has 0 aliphatic heterocycles. The molecular formula is C19H19N5O2S. The number of para-hydroxylation sites is 2. The van der Waals surface area contributed by atoms with E-state index in [1.54, 1.807) is 17.7 Å². The number of nitrogens with two attached hydrogens (primary N) is 1. The highest BCUT2D eigenvalue weighted by atomic mass is 32.1. The second kappa shape index (κ2) is 8.81. The fourth-order valence-electron chi connectivity index (χ4n) is 2.26. The molecule has 4 N–H and O–H groups in total. The van der Waals surface area contributed by atoms with E-state index in [0.717, 1.165) is 16.8 Å². The van der Waals surface area contributed by atoms with Crippen LogP contribution in [-0.4, -0.2) is 23.7 Å². The van der Waals surface area contributed by atoms with Crippen LogP contribution in [0.2, 0.25) is 0 Å². The van der Waals surface area contributed by atoms with Gasteiger partial charge in [0.05, 0.1) is 6.21 Å². The number of benzene rings is 2. The number of aromatic nitrogens is 1. The van der Waals surface area contributed by atoms with E-state index >= 15 is 0 Å². The predicted molar refractivity (Wildman–Crippen MR) is 109 cm³/mol. The van der Waals surface area contributed by atoms with Crippen molar-refractivity contribution >= 4 is 40.1 Å². The lowest BCUT2D eigenvalue weighted by molar-refractivity contribution is -0.118. The molecule has 2 aromatic carbocycles. The van der Waals surface area contributed by atoms with Gasteiger partial charge in [-0.05, 0) is 30.7 Å². The molecule has 0 atom stereocenters. The molecule has 1 aromatic heterocycles. The summed E-state index contributed by atoms with van der Waals surface area (Å²) in [6, 6.07) is 14.9. The average Bonchev–Trinajstić information content (AvgIpc) is 3.08. The number of rotatable bonds is 7. The zero-order valence-electron chi connectivity index (χ0n) is 14.7. The third kappa shape index (κ3) is 5.29. The highest BCUT2D eigenvalue weighted by Gasteiger charge is 2.07. The second-order valence-electron chi connectivity index (χ2n) is 5.64. The summed E-state index contributed by atoms with van der Waals surface area (Å²) in [5, 5.41) is 9.29. The first-order valence-electron chi connectivity index (χ1n) is 8.19. The molecule has 0 saturated carbocycles. The van der Waals surface area contributed by atoms with Gasteiger partial charge in [-0.2, -0.15) is 5.10 Å². The number of carbonyl (C=O) groups is 1. The molecule has 1 heterocycles. The van der Waals surface area contributed by atoms with E-state index < -0.39 is 0 Å². The van der Waals surface area contributed by atoms with Crippen LogP contribution in [0.15, 0.2) is 59.0 Å². The van der Waals surface area contributed by atoms with Crippen LogP contribution in [0, 0.1) is 6.92 Å². The Kier molecular flexibility index (Phi) is 6.01. The number of nitrogens with zero attached hydrogens (tertiary/aromatic N) is 2. The van der Waals surface area contributed by atoms with Gasteiger partial charge in [-0.1, -0.05) is 30.3 Å². The van der Waals surface area contributed by atoms with Gasteiger partial charge in [0, 0.05) is 16.6 Å². The maximum Gasteiger partial charge on any atom is 0.262 e.